The summed E-state index contributed by atoms with van der Waals surface area (Å²) in [5.74, 6) is 0. The van der Waals surface area contributed by atoms with Gasteiger partial charge in [-0.3, -0.25) is 0 Å². The van der Waals surface area contributed by atoms with Gasteiger partial charge < -0.3 is 0 Å². The molecule has 3 rings (SSSR count). The van der Waals surface area contributed by atoms with Crippen molar-refractivity contribution in [1.82, 2.24) is 4.68 Å². The summed E-state index contributed by atoms with van der Waals surface area (Å²) in [6.45, 7) is 0. The Morgan fingerprint density at radius 1 is 0.783 bits per heavy atom. The fourth-order valence-corrected chi connectivity index (χ4v) is 3.55. The first kappa shape index (κ1) is 16.7. The predicted octanol–water partition coefficient (Wildman–Crippen LogP) is 5.80. The molecule has 0 saturated carbocycles. The van der Waals surface area contributed by atoms with Crippen molar-refractivity contribution in [3.8, 4) is 22.5 Å². The molecule has 0 fully saturated rings. The van der Waals surface area contributed by atoms with Gasteiger partial charge in [0.25, 0.3) is 0 Å². The Morgan fingerprint density at radius 3 is 1.83 bits per heavy atom. The molecule has 0 spiro atoms. The van der Waals surface area contributed by atoms with Gasteiger partial charge in [-0.05, 0) is 36.4 Å². The van der Waals surface area contributed by atoms with Gasteiger partial charge in [0.2, 0.25) is 5.69 Å². The van der Waals surface area contributed by atoms with Crippen molar-refractivity contribution >= 4 is 46.4 Å². The lowest BCUT2D eigenvalue weighted by atomic mass is 10.1. The summed E-state index contributed by atoms with van der Waals surface area (Å²) >= 11 is 24.7. The number of rotatable bonds is 2. The number of hydrogen-bond donors (Lipinski definition) is 0. The zero-order chi connectivity index (χ0) is 16.7. The summed E-state index contributed by atoms with van der Waals surface area (Å²) in [6, 6.07) is 13.0. The smallest absolute Gasteiger partial charge is 0.156 e. The van der Waals surface area contributed by atoms with E-state index < -0.39 is 0 Å². The van der Waals surface area contributed by atoms with E-state index >= 15 is 0 Å². The summed E-state index contributed by atoms with van der Waals surface area (Å²) in [7, 11) is 3.93. The molecule has 23 heavy (non-hydrogen) atoms. The number of aromatic nitrogens is 2. The molecule has 0 bridgehead atoms. The number of nitrogens with zero attached hydrogens (tertiary/aromatic N) is 2. The summed E-state index contributed by atoms with van der Waals surface area (Å²) in [6.07, 6.45) is 0. The van der Waals surface area contributed by atoms with Crippen molar-refractivity contribution in [3.05, 3.63) is 62.6 Å². The first-order valence-corrected chi connectivity index (χ1v) is 8.36. The first-order valence-electron chi connectivity index (χ1n) is 6.85. The quantitative estimate of drug-likeness (QED) is 0.492. The fraction of sp³-hybridized carbons (Fsp3) is 0.118. The Bertz CT molecular complexity index is 828. The van der Waals surface area contributed by atoms with Crippen LogP contribution in [0.5, 0.6) is 0 Å². The minimum absolute atomic E-state index is 0.604. The van der Waals surface area contributed by atoms with Gasteiger partial charge in [0.05, 0.1) is 22.7 Å². The highest BCUT2D eigenvalue weighted by Crippen LogP contribution is 2.34. The Morgan fingerprint density at radius 2 is 1.30 bits per heavy atom. The molecule has 0 aliphatic rings. The van der Waals surface area contributed by atoms with E-state index in [1.165, 1.54) is 0 Å². The third-order valence-corrected chi connectivity index (χ3v) is 4.93. The van der Waals surface area contributed by atoms with Crippen LogP contribution in [0.1, 0.15) is 0 Å². The van der Waals surface area contributed by atoms with Gasteiger partial charge in [-0.15, -0.1) is 4.68 Å². The predicted molar refractivity (Wildman–Crippen MR) is 97.5 cm³/mol. The second-order valence-corrected chi connectivity index (χ2v) is 6.90. The van der Waals surface area contributed by atoms with Crippen LogP contribution < -0.4 is 4.68 Å². The standard InChI is InChI=1S/C17H13Cl4N2/c1-22-16(12-5-3-10(18)7-14(12)20)9-17(23(22)2)13-6-4-11(19)8-15(13)21/h3-9H,1-2H3/q+1. The highest BCUT2D eigenvalue weighted by atomic mass is 35.5. The van der Waals surface area contributed by atoms with E-state index in [0.29, 0.717) is 20.1 Å². The zero-order valence-electron chi connectivity index (χ0n) is 12.4. The second kappa shape index (κ2) is 6.37. The molecular weight excluding hydrogens is 374 g/mol. The average molecular weight is 387 g/mol. The van der Waals surface area contributed by atoms with E-state index in [9.17, 15) is 0 Å². The average Bonchev–Trinajstić information content (AvgIpc) is 2.76. The van der Waals surface area contributed by atoms with Gasteiger partial charge in [0.1, 0.15) is 5.69 Å². The number of halogens is 4. The lowest BCUT2D eigenvalue weighted by Crippen LogP contribution is -2.39. The maximum Gasteiger partial charge on any atom is 0.240 e. The monoisotopic (exact) mass is 385 g/mol. The first-order chi connectivity index (χ1) is 10.9. The van der Waals surface area contributed by atoms with Crippen molar-refractivity contribution in [2.75, 3.05) is 0 Å². The molecule has 3 aromatic rings. The van der Waals surface area contributed by atoms with E-state index in [1.54, 1.807) is 12.1 Å². The highest BCUT2D eigenvalue weighted by Gasteiger charge is 2.23. The third-order valence-electron chi connectivity index (χ3n) is 3.83. The van der Waals surface area contributed by atoms with Crippen LogP contribution >= 0.6 is 46.4 Å². The topological polar surface area (TPSA) is 8.81 Å². The van der Waals surface area contributed by atoms with Crippen LogP contribution in [0.4, 0.5) is 0 Å². The van der Waals surface area contributed by atoms with E-state index in [-0.39, 0.29) is 0 Å². The van der Waals surface area contributed by atoms with E-state index in [0.717, 1.165) is 22.5 Å². The van der Waals surface area contributed by atoms with Crippen molar-refractivity contribution in [3.63, 3.8) is 0 Å². The molecule has 2 nitrogen and oxygen atoms in total. The lowest BCUT2D eigenvalue weighted by Gasteiger charge is -2.03. The molecule has 1 aromatic heterocycles. The van der Waals surface area contributed by atoms with Crippen LogP contribution in [-0.4, -0.2) is 4.68 Å². The largest absolute Gasteiger partial charge is 0.240 e. The molecule has 0 radical (unpaired) electrons. The van der Waals surface area contributed by atoms with Crippen molar-refractivity contribution in [1.29, 1.82) is 0 Å². The van der Waals surface area contributed by atoms with Crippen molar-refractivity contribution < 1.29 is 4.68 Å². The van der Waals surface area contributed by atoms with Crippen LogP contribution in [0.3, 0.4) is 0 Å². The fourth-order valence-electron chi connectivity index (χ4n) is 2.54. The van der Waals surface area contributed by atoms with E-state index in [2.05, 4.69) is 0 Å². The van der Waals surface area contributed by atoms with Crippen molar-refractivity contribution in [2.45, 2.75) is 0 Å². The molecule has 0 unspecified atom stereocenters. The molecule has 0 saturated heterocycles. The van der Waals surface area contributed by atoms with Crippen molar-refractivity contribution in [2.24, 2.45) is 14.1 Å². The van der Waals surface area contributed by atoms with Crippen LogP contribution in [0.2, 0.25) is 20.1 Å². The molecular formula is C17H13Cl4N2+. The van der Waals surface area contributed by atoms with Gasteiger partial charge in [-0.2, -0.15) is 4.68 Å². The Labute approximate surface area is 154 Å². The normalized spacial score (nSPS) is 11.0. The molecule has 0 atom stereocenters. The van der Waals surface area contributed by atoms with E-state index in [4.69, 9.17) is 46.4 Å². The van der Waals surface area contributed by atoms with Gasteiger partial charge in [-0.1, -0.05) is 46.4 Å². The summed E-state index contributed by atoms with van der Waals surface area (Å²) in [4.78, 5) is 0. The highest BCUT2D eigenvalue weighted by molar-refractivity contribution is 6.37. The van der Waals surface area contributed by atoms with Crippen LogP contribution in [-0.2, 0) is 14.1 Å². The molecule has 0 aliphatic carbocycles. The minimum atomic E-state index is 0.604. The Hall–Kier alpha value is -1.19. The SMILES string of the molecule is Cn1c(-c2ccc(Cl)cc2Cl)cc(-c2ccc(Cl)cc2Cl)[n+]1C. The molecule has 0 aliphatic heterocycles. The Kier molecular flexibility index (Phi) is 4.61. The molecule has 0 amide bonds. The molecule has 0 N–H and O–H groups in total. The van der Waals surface area contributed by atoms with Gasteiger partial charge in [0, 0.05) is 21.7 Å². The summed E-state index contributed by atoms with van der Waals surface area (Å²) in [5.41, 5.74) is 3.75. The molecule has 2 aromatic carbocycles. The summed E-state index contributed by atoms with van der Waals surface area (Å²) in [5, 5.41) is 2.43. The zero-order valence-corrected chi connectivity index (χ0v) is 15.5. The molecule has 1 heterocycles. The second-order valence-electron chi connectivity index (χ2n) is 5.21. The van der Waals surface area contributed by atoms with Gasteiger partial charge in [0.15, 0.2) is 7.05 Å². The lowest BCUT2D eigenvalue weighted by molar-refractivity contribution is -0.740. The van der Waals surface area contributed by atoms with Gasteiger partial charge >= 0.3 is 0 Å². The molecule has 6 heteroatoms. The van der Waals surface area contributed by atoms with Gasteiger partial charge in [-0.25, -0.2) is 0 Å². The van der Waals surface area contributed by atoms with E-state index in [1.807, 2.05) is 53.8 Å². The number of benzene rings is 2. The molecule has 118 valence electrons. The van der Waals surface area contributed by atoms with Crippen LogP contribution in [0, 0.1) is 0 Å². The maximum absolute atomic E-state index is 6.35. The minimum Gasteiger partial charge on any atom is -0.156 e. The maximum atomic E-state index is 6.35. The Balaban J connectivity index is 2.19. The number of hydrogen-bond acceptors (Lipinski definition) is 0. The van der Waals surface area contributed by atoms with Crippen LogP contribution in [0.25, 0.3) is 22.5 Å². The van der Waals surface area contributed by atoms with Crippen LogP contribution in [0.15, 0.2) is 42.5 Å². The third kappa shape index (κ3) is 3.09. The summed E-state index contributed by atoms with van der Waals surface area (Å²) < 4.78 is 4.02.